The molecule has 0 aliphatic carbocycles. The third-order valence-corrected chi connectivity index (χ3v) is 3.67. The third-order valence-electron chi connectivity index (χ3n) is 3.67. The maximum atomic E-state index is 11.9. The van der Waals surface area contributed by atoms with Gasteiger partial charge in [-0.25, -0.2) is 0 Å². The molecule has 2 unspecified atom stereocenters. The molecule has 1 aliphatic heterocycles. The number of rotatable bonds is 6. The first-order valence-electron chi connectivity index (χ1n) is 7.32. The molecule has 0 radical (unpaired) electrons. The van der Waals surface area contributed by atoms with E-state index in [1.54, 1.807) is 14.0 Å². The Kier molecular flexibility index (Phi) is 5.07. The highest BCUT2D eigenvalue weighted by Gasteiger charge is 2.25. The number of hydrogen-bond acceptors (Lipinski definition) is 5. The Bertz CT molecular complexity index is 515. The summed E-state index contributed by atoms with van der Waals surface area (Å²) in [6.45, 7) is 4.43. The lowest BCUT2D eigenvalue weighted by atomic mass is 9.96. The molecule has 116 valence electrons. The number of fused-ring (bicyclic) bond motifs is 1. The van der Waals surface area contributed by atoms with Gasteiger partial charge in [0.15, 0.2) is 0 Å². The largest absolute Gasteiger partial charge is 0.496 e. The zero-order valence-electron chi connectivity index (χ0n) is 12.8. The zero-order chi connectivity index (χ0) is 15.4. The highest BCUT2D eigenvalue weighted by atomic mass is 16.5. The van der Waals surface area contributed by atoms with E-state index < -0.39 is 0 Å². The molecule has 2 atom stereocenters. The van der Waals surface area contributed by atoms with Gasteiger partial charge in [-0.15, -0.1) is 0 Å². The van der Waals surface area contributed by atoms with Gasteiger partial charge in [0, 0.05) is 18.5 Å². The number of benzene rings is 1. The van der Waals surface area contributed by atoms with Crippen molar-refractivity contribution in [2.75, 3.05) is 20.3 Å². The topological polar surface area (TPSA) is 70.8 Å². The Balaban J connectivity index is 2.22. The number of hydrogen-bond donors (Lipinski definition) is 1. The summed E-state index contributed by atoms with van der Waals surface area (Å²) in [6.07, 6.45) is 1.54. The van der Waals surface area contributed by atoms with Gasteiger partial charge in [0.05, 0.1) is 19.6 Å². The molecular formula is C16H23NO4. The van der Waals surface area contributed by atoms with Crippen molar-refractivity contribution in [3.63, 3.8) is 0 Å². The highest BCUT2D eigenvalue weighted by molar-refractivity contribution is 5.73. The Morgan fingerprint density at radius 1 is 1.52 bits per heavy atom. The summed E-state index contributed by atoms with van der Waals surface area (Å²) >= 11 is 0. The lowest BCUT2D eigenvalue weighted by molar-refractivity contribution is -0.147. The molecule has 0 aromatic heterocycles. The summed E-state index contributed by atoms with van der Waals surface area (Å²) in [5, 5.41) is 0. The maximum Gasteiger partial charge on any atom is 0.310 e. The SMILES string of the molecule is CCOC(=O)C(CN)Cc1cc2c(cc1OC)CC(C)O2. The van der Waals surface area contributed by atoms with Gasteiger partial charge < -0.3 is 19.9 Å². The van der Waals surface area contributed by atoms with Crippen molar-refractivity contribution in [1.82, 2.24) is 0 Å². The van der Waals surface area contributed by atoms with Crippen LogP contribution < -0.4 is 15.2 Å². The summed E-state index contributed by atoms with van der Waals surface area (Å²) in [7, 11) is 1.63. The van der Waals surface area contributed by atoms with Crippen LogP contribution >= 0.6 is 0 Å². The van der Waals surface area contributed by atoms with Crippen molar-refractivity contribution in [3.05, 3.63) is 23.3 Å². The van der Waals surface area contributed by atoms with Crippen LogP contribution in [0.5, 0.6) is 11.5 Å². The van der Waals surface area contributed by atoms with Gasteiger partial charge >= 0.3 is 5.97 Å². The smallest absolute Gasteiger partial charge is 0.310 e. The molecule has 0 saturated carbocycles. The van der Waals surface area contributed by atoms with E-state index in [1.807, 2.05) is 19.1 Å². The monoisotopic (exact) mass is 293 g/mol. The molecular weight excluding hydrogens is 270 g/mol. The van der Waals surface area contributed by atoms with Crippen LogP contribution in [-0.4, -0.2) is 32.3 Å². The second-order valence-electron chi connectivity index (χ2n) is 5.29. The van der Waals surface area contributed by atoms with Gasteiger partial charge in [-0.3, -0.25) is 4.79 Å². The van der Waals surface area contributed by atoms with Crippen LogP contribution in [0.4, 0.5) is 0 Å². The molecule has 0 spiro atoms. The normalized spacial score (nSPS) is 17.8. The minimum atomic E-state index is -0.365. The summed E-state index contributed by atoms with van der Waals surface area (Å²) in [6, 6.07) is 3.95. The fourth-order valence-electron chi connectivity index (χ4n) is 2.62. The fourth-order valence-corrected chi connectivity index (χ4v) is 2.62. The van der Waals surface area contributed by atoms with Crippen molar-refractivity contribution in [2.45, 2.75) is 32.8 Å². The van der Waals surface area contributed by atoms with Crippen LogP contribution in [0.3, 0.4) is 0 Å². The second kappa shape index (κ2) is 6.80. The van der Waals surface area contributed by atoms with Gasteiger partial charge in [0.1, 0.15) is 17.6 Å². The maximum absolute atomic E-state index is 11.9. The summed E-state index contributed by atoms with van der Waals surface area (Å²) < 4.78 is 16.3. The van der Waals surface area contributed by atoms with E-state index in [1.165, 1.54) is 0 Å². The minimum Gasteiger partial charge on any atom is -0.496 e. The first kappa shape index (κ1) is 15.6. The number of carbonyl (C=O) groups excluding carboxylic acids is 1. The first-order valence-corrected chi connectivity index (χ1v) is 7.32. The zero-order valence-corrected chi connectivity index (χ0v) is 12.8. The average Bonchev–Trinajstić information content (AvgIpc) is 2.82. The number of methoxy groups -OCH3 is 1. The summed E-state index contributed by atoms with van der Waals surface area (Å²) in [4.78, 5) is 11.9. The van der Waals surface area contributed by atoms with Crippen LogP contribution in [0.1, 0.15) is 25.0 Å². The number of carbonyl (C=O) groups is 1. The molecule has 1 heterocycles. The Morgan fingerprint density at radius 2 is 2.29 bits per heavy atom. The lowest BCUT2D eigenvalue weighted by Crippen LogP contribution is -2.27. The van der Waals surface area contributed by atoms with E-state index in [-0.39, 0.29) is 24.5 Å². The number of esters is 1. The van der Waals surface area contributed by atoms with Crippen molar-refractivity contribution in [3.8, 4) is 11.5 Å². The summed E-state index contributed by atoms with van der Waals surface area (Å²) in [5.41, 5.74) is 7.77. The number of nitrogens with two attached hydrogens (primary N) is 1. The van der Waals surface area contributed by atoms with Gasteiger partial charge in [0.25, 0.3) is 0 Å². The van der Waals surface area contributed by atoms with E-state index in [2.05, 4.69) is 0 Å². The molecule has 1 aliphatic rings. The standard InChI is InChI=1S/C16H23NO4/c1-4-20-16(18)13(9-17)6-12-8-15-11(5-10(2)21-15)7-14(12)19-3/h7-8,10,13H,4-6,9,17H2,1-3H3. The molecule has 5 heteroatoms. The minimum absolute atomic E-state index is 0.176. The molecule has 0 fully saturated rings. The van der Waals surface area contributed by atoms with Gasteiger partial charge in [0.2, 0.25) is 0 Å². The van der Waals surface area contributed by atoms with Crippen LogP contribution in [0.25, 0.3) is 0 Å². The quantitative estimate of drug-likeness (QED) is 0.808. The first-order chi connectivity index (χ1) is 10.1. The summed E-state index contributed by atoms with van der Waals surface area (Å²) in [5.74, 6) is 1.01. The van der Waals surface area contributed by atoms with Crippen LogP contribution in [0.2, 0.25) is 0 Å². The fraction of sp³-hybridized carbons (Fsp3) is 0.562. The molecule has 5 nitrogen and oxygen atoms in total. The molecule has 2 rings (SSSR count). The average molecular weight is 293 g/mol. The molecule has 0 saturated heterocycles. The highest BCUT2D eigenvalue weighted by Crippen LogP contribution is 2.35. The van der Waals surface area contributed by atoms with Crippen molar-refractivity contribution in [2.24, 2.45) is 11.7 Å². The van der Waals surface area contributed by atoms with E-state index in [4.69, 9.17) is 19.9 Å². The van der Waals surface area contributed by atoms with E-state index >= 15 is 0 Å². The van der Waals surface area contributed by atoms with Gasteiger partial charge in [-0.1, -0.05) is 0 Å². The molecule has 1 aromatic carbocycles. The van der Waals surface area contributed by atoms with Crippen LogP contribution in [-0.2, 0) is 22.4 Å². The van der Waals surface area contributed by atoms with E-state index in [0.717, 1.165) is 29.0 Å². The van der Waals surface area contributed by atoms with Crippen LogP contribution in [0, 0.1) is 5.92 Å². The van der Waals surface area contributed by atoms with E-state index in [9.17, 15) is 4.79 Å². The molecule has 0 bridgehead atoms. The Morgan fingerprint density at radius 3 is 2.90 bits per heavy atom. The lowest BCUT2D eigenvalue weighted by Gasteiger charge is -2.16. The predicted octanol–water partition coefficient (Wildman–Crippen LogP) is 1.70. The van der Waals surface area contributed by atoms with Gasteiger partial charge in [-0.2, -0.15) is 0 Å². The van der Waals surface area contributed by atoms with Crippen molar-refractivity contribution >= 4 is 5.97 Å². The van der Waals surface area contributed by atoms with Crippen LogP contribution in [0.15, 0.2) is 12.1 Å². The number of ether oxygens (including phenoxy) is 3. The molecule has 1 aromatic rings. The molecule has 21 heavy (non-hydrogen) atoms. The van der Waals surface area contributed by atoms with E-state index in [0.29, 0.717) is 13.0 Å². The molecule has 2 N–H and O–H groups in total. The third kappa shape index (κ3) is 3.47. The Labute approximate surface area is 125 Å². The Hall–Kier alpha value is -1.75. The van der Waals surface area contributed by atoms with Gasteiger partial charge in [-0.05, 0) is 38.0 Å². The molecule has 0 amide bonds. The van der Waals surface area contributed by atoms with Crippen molar-refractivity contribution < 1.29 is 19.0 Å². The predicted molar refractivity (Wildman–Crippen MR) is 79.7 cm³/mol. The van der Waals surface area contributed by atoms with Crippen molar-refractivity contribution in [1.29, 1.82) is 0 Å². The second-order valence-corrected chi connectivity index (χ2v) is 5.29.